The van der Waals surface area contributed by atoms with Crippen molar-refractivity contribution in [2.75, 3.05) is 0 Å². The Hall–Kier alpha value is -3.01. The highest BCUT2D eigenvalue weighted by Gasteiger charge is 2.43. The highest BCUT2D eigenvalue weighted by atomic mass is 28.4. The van der Waals surface area contributed by atoms with Gasteiger partial charge in [-0.25, -0.2) is 43.9 Å². The van der Waals surface area contributed by atoms with Gasteiger partial charge >= 0.3 is 0 Å². The van der Waals surface area contributed by atoms with Gasteiger partial charge in [-0.15, -0.1) is 0 Å². The van der Waals surface area contributed by atoms with Crippen molar-refractivity contribution in [2.24, 2.45) is 0 Å². The number of halogens is 10. The van der Waals surface area contributed by atoms with Gasteiger partial charge in [0.05, 0.1) is 11.1 Å². The van der Waals surface area contributed by atoms with Gasteiger partial charge in [-0.2, -0.15) is 0 Å². The molecule has 0 saturated heterocycles. The Morgan fingerprint density at radius 3 is 0.818 bits per heavy atom. The molecule has 0 spiro atoms. The van der Waals surface area contributed by atoms with E-state index in [9.17, 15) is 26.3 Å². The van der Waals surface area contributed by atoms with Crippen LogP contribution in [-0.2, 0) is 0 Å². The first kappa shape index (κ1) is 35.5. The van der Waals surface area contributed by atoms with E-state index in [0.29, 0.717) is 0 Å². The molecule has 0 bridgehead atoms. The summed E-state index contributed by atoms with van der Waals surface area (Å²) in [5.41, 5.74) is -4.36. The maximum absolute atomic E-state index is 15.2. The Balaban J connectivity index is 2.64. The first-order valence-corrected chi connectivity index (χ1v) is 19.2. The van der Waals surface area contributed by atoms with Crippen molar-refractivity contribution in [3.8, 4) is 33.8 Å². The first-order valence-electron chi connectivity index (χ1n) is 13.4. The molecule has 44 heavy (non-hydrogen) atoms. The van der Waals surface area contributed by atoms with Gasteiger partial charge in [0.2, 0.25) is 11.6 Å². The maximum atomic E-state index is 15.2. The van der Waals surface area contributed by atoms with Crippen LogP contribution >= 0.6 is 0 Å². The van der Waals surface area contributed by atoms with Crippen LogP contribution in [-0.4, -0.2) is 16.6 Å². The van der Waals surface area contributed by atoms with Crippen LogP contribution < -0.4 is 8.85 Å². The Morgan fingerprint density at radius 1 is 0.409 bits per heavy atom. The molecule has 0 amide bonds. The topological polar surface area (TPSA) is 18.5 Å². The second-order valence-electron chi connectivity index (χ2n) is 13.5. The highest BCUT2D eigenvalue weighted by Crippen LogP contribution is 2.50. The molecule has 242 valence electrons. The summed E-state index contributed by atoms with van der Waals surface area (Å²) < 4.78 is 159. The second-order valence-corrected chi connectivity index (χ2v) is 22.9. The Labute approximate surface area is 251 Å². The molecule has 2 nitrogen and oxygen atoms in total. The van der Waals surface area contributed by atoms with Crippen molar-refractivity contribution in [3.63, 3.8) is 0 Å². The van der Waals surface area contributed by atoms with Crippen LogP contribution in [0.25, 0.3) is 22.3 Å². The summed E-state index contributed by atoms with van der Waals surface area (Å²) in [7, 11) is -6.19. The molecule has 0 saturated carbocycles. The summed E-state index contributed by atoms with van der Waals surface area (Å²) in [6.45, 7) is 17.1. The van der Waals surface area contributed by atoms with E-state index < -0.39 is 119 Å². The van der Waals surface area contributed by atoms with Crippen molar-refractivity contribution in [3.05, 3.63) is 70.3 Å². The van der Waals surface area contributed by atoms with Crippen molar-refractivity contribution >= 4 is 16.6 Å². The normalized spacial score (nSPS) is 13.0. The van der Waals surface area contributed by atoms with Crippen LogP contribution in [0.15, 0.2) is 12.1 Å². The molecular weight excluding hydrogens is 638 g/mol. The molecule has 0 heterocycles. The molecule has 3 rings (SSSR count). The summed E-state index contributed by atoms with van der Waals surface area (Å²) in [4.78, 5) is 0. The Kier molecular flexibility index (Phi) is 9.20. The summed E-state index contributed by atoms with van der Waals surface area (Å²) in [5.74, 6) is -24.1. The third-order valence-corrected chi connectivity index (χ3v) is 17.1. The van der Waals surface area contributed by atoms with Crippen LogP contribution in [0.5, 0.6) is 11.5 Å². The largest absolute Gasteiger partial charge is 0.543 e. The van der Waals surface area contributed by atoms with Crippen molar-refractivity contribution in [2.45, 2.75) is 77.8 Å². The molecular formula is C30H32F10O2Si2. The van der Waals surface area contributed by atoms with E-state index in [1.807, 2.05) is 0 Å². The molecule has 0 radical (unpaired) electrons. The lowest BCUT2D eigenvalue weighted by Crippen LogP contribution is -2.44. The van der Waals surface area contributed by atoms with Crippen LogP contribution in [0.4, 0.5) is 43.9 Å². The SMILES string of the molecule is CC(C)(C)[Si](C)(C)Oc1cc(-c2c(F)c(F)c(F)c(F)c2F)c(O[Si](C)(C)C(C)(C)C)cc1-c1c(F)c(F)c(F)c(F)c1F. The smallest absolute Gasteiger partial charge is 0.250 e. The van der Waals surface area contributed by atoms with E-state index in [1.165, 1.54) is 0 Å². The summed E-state index contributed by atoms with van der Waals surface area (Å²) >= 11 is 0. The minimum atomic E-state index is -3.09. The lowest BCUT2D eigenvalue weighted by atomic mass is 9.96. The third kappa shape index (κ3) is 5.98. The number of hydrogen-bond donors (Lipinski definition) is 0. The zero-order chi connectivity index (χ0) is 34.1. The quantitative estimate of drug-likeness (QED) is 0.112. The lowest BCUT2D eigenvalue weighted by Gasteiger charge is -2.39. The monoisotopic (exact) mass is 670 g/mol. The van der Waals surface area contributed by atoms with E-state index in [1.54, 1.807) is 67.7 Å². The van der Waals surface area contributed by atoms with Crippen molar-refractivity contribution in [1.29, 1.82) is 0 Å². The molecule has 0 aliphatic rings. The summed E-state index contributed by atoms with van der Waals surface area (Å²) in [6.07, 6.45) is 0. The molecule has 0 unspecified atom stereocenters. The van der Waals surface area contributed by atoms with E-state index in [2.05, 4.69) is 0 Å². The van der Waals surface area contributed by atoms with Crippen LogP contribution in [0.2, 0.25) is 36.3 Å². The molecule has 0 aliphatic carbocycles. The second kappa shape index (κ2) is 11.4. The predicted molar refractivity (Wildman–Crippen MR) is 153 cm³/mol. The van der Waals surface area contributed by atoms with Gasteiger partial charge in [0.15, 0.2) is 46.5 Å². The highest BCUT2D eigenvalue weighted by molar-refractivity contribution is 6.75. The molecule has 0 aromatic heterocycles. The fourth-order valence-electron chi connectivity index (χ4n) is 3.66. The van der Waals surface area contributed by atoms with Gasteiger partial charge < -0.3 is 8.85 Å². The zero-order valence-electron chi connectivity index (χ0n) is 25.8. The predicted octanol–water partition coefficient (Wildman–Crippen LogP) is 11.2. The van der Waals surface area contributed by atoms with Crippen molar-refractivity contribution in [1.82, 2.24) is 0 Å². The summed E-state index contributed by atoms with van der Waals surface area (Å²) in [6, 6.07) is 1.49. The molecule has 14 heteroatoms. The molecule has 0 N–H and O–H groups in total. The van der Waals surface area contributed by atoms with E-state index in [0.717, 1.165) is 12.1 Å². The van der Waals surface area contributed by atoms with Crippen LogP contribution in [0.1, 0.15) is 41.5 Å². The number of rotatable bonds is 6. The lowest BCUT2D eigenvalue weighted by molar-refractivity contribution is 0.380. The fourth-order valence-corrected chi connectivity index (χ4v) is 5.71. The maximum Gasteiger partial charge on any atom is 0.250 e. The van der Waals surface area contributed by atoms with Gasteiger partial charge in [0.1, 0.15) is 11.5 Å². The molecule has 0 fully saturated rings. The average Bonchev–Trinajstić information content (AvgIpc) is 2.89. The molecule has 0 aliphatic heterocycles. The Bertz CT molecular complexity index is 1460. The minimum absolute atomic E-state index is 0.624. The average molecular weight is 671 g/mol. The number of hydrogen-bond acceptors (Lipinski definition) is 2. The van der Waals surface area contributed by atoms with E-state index in [4.69, 9.17) is 8.85 Å². The molecule has 0 atom stereocenters. The van der Waals surface area contributed by atoms with E-state index in [-0.39, 0.29) is 0 Å². The number of benzene rings is 3. The third-order valence-electron chi connectivity index (χ3n) is 8.38. The van der Waals surface area contributed by atoms with Gasteiger partial charge in [0, 0.05) is 11.1 Å². The fraction of sp³-hybridized carbons (Fsp3) is 0.400. The van der Waals surface area contributed by atoms with Gasteiger partial charge in [-0.3, -0.25) is 0 Å². The van der Waals surface area contributed by atoms with Crippen LogP contribution in [0.3, 0.4) is 0 Å². The van der Waals surface area contributed by atoms with Gasteiger partial charge in [0.25, 0.3) is 16.6 Å². The summed E-state index contributed by atoms with van der Waals surface area (Å²) in [5, 5.41) is -1.30. The van der Waals surface area contributed by atoms with E-state index >= 15 is 17.6 Å². The molecule has 3 aromatic carbocycles. The minimum Gasteiger partial charge on any atom is -0.543 e. The Morgan fingerprint density at radius 2 is 0.614 bits per heavy atom. The van der Waals surface area contributed by atoms with Gasteiger partial charge in [-0.05, 0) is 48.4 Å². The van der Waals surface area contributed by atoms with Crippen LogP contribution in [0, 0.1) is 58.2 Å². The first-order chi connectivity index (χ1) is 19.8. The van der Waals surface area contributed by atoms with Crippen molar-refractivity contribution < 1.29 is 52.8 Å². The molecule has 3 aromatic rings. The standard InChI is InChI=1S/C30H32F10O2Si2/c1-29(2,3)43(7,8)41-15-11-14(18-21(33)25(37)28(40)26(38)22(18)34)16(42-44(9,10)30(4,5)6)12-13(15)17-19(31)23(35)27(39)24(36)20(17)32/h11-12H,1-10H3. The van der Waals surface area contributed by atoms with Gasteiger partial charge in [-0.1, -0.05) is 41.5 Å². The zero-order valence-corrected chi connectivity index (χ0v) is 27.8.